The van der Waals surface area contributed by atoms with Gasteiger partial charge in [-0.1, -0.05) is 66.7 Å². The van der Waals surface area contributed by atoms with Crippen molar-refractivity contribution in [3.05, 3.63) is 119 Å². The molecule has 3 N–H and O–H groups in total. The van der Waals surface area contributed by atoms with Crippen molar-refractivity contribution in [3.8, 4) is 11.1 Å². The number of carboxylic acid groups (broad SMARTS) is 2. The fourth-order valence-corrected chi connectivity index (χ4v) is 5.49. The Morgan fingerprint density at radius 3 is 2.06 bits per heavy atom. The SMILES string of the molecule is O=C(Cc1ccc(NC(=O)c2ccccc2-c2ccc(C(F)(F)F)cc2)c(N2CCOCC2)c1)OCC(C(=O)O)(C(=O)O)c1ccccc1. The fraction of sp³-hybridized carbons (Fsp3) is 0.222. The number of carboxylic acids is 2. The molecule has 1 aliphatic heterocycles. The molecule has 0 radical (unpaired) electrons. The number of alkyl halides is 3. The maximum Gasteiger partial charge on any atom is 0.416 e. The van der Waals surface area contributed by atoms with Crippen LogP contribution in [0.3, 0.4) is 0 Å². The molecule has 0 atom stereocenters. The van der Waals surface area contributed by atoms with Gasteiger partial charge in [-0.2, -0.15) is 13.2 Å². The van der Waals surface area contributed by atoms with Gasteiger partial charge < -0.3 is 29.9 Å². The van der Waals surface area contributed by atoms with E-state index in [-0.39, 0.29) is 17.5 Å². The molecule has 49 heavy (non-hydrogen) atoms. The molecular formula is C36H31F3N2O8. The standard InChI is InChI=1S/C36H31F3N2O8/c37-36(38,39)26-13-11-24(12-14-26)27-8-4-5-9-28(27)32(43)40-29-15-10-23(20-30(29)41-16-18-48-19-17-41)21-31(42)49-22-35(33(44)45,34(46)47)25-6-2-1-3-7-25/h1-15,20H,16-19,21-22H2,(H,40,43)(H,44,45)(H,46,47). The molecule has 1 aliphatic rings. The summed E-state index contributed by atoms with van der Waals surface area (Å²) in [6.45, 7) is 0.805. The molecule has 0 spiro atoms. The minimum atomic E-state index is -4.50. The van der Waals surface area contributed by atoms with Crippen LogP contribution in [0.15, 0.2) is 97.1 Å². The monoisotopic (exact) mass is 676 g/mol. The molecule has 13 heteroatoms. The van der Waals surface area contributed by atoms with Gasteiger partial charge in [0.15, 0.2) is 0 Å². The minimum absolute atomic E-state index is 0.0580. The van der Waals surface area contributed by atoms with Crippen LogP contribution in [-0.2, 0) is 41.9 Å². The number of ether oxygens (including phenoxy) is 2. The van der Waals surface area contributed by atoms with Crippen LogP contribution >= 0.6 is 0 Å². The predicted molar refractivity (Wildman–Crippen MR) is 172 cm³/mol. The van der Waals surface area contributed by atoms with Gasteiger partial charge in [-0.15, -0.1) is 0 Å². The fourth-order valence-electron chi connectivity index (χ4n) is 5.49. The summed E-state index contributed by atoms with van der Waals surface area (Å²) >= 11 is 0. The maximum atomic E-state index is 13.6. The van der Waals surface area contributed by atoms with Crippen LogP contribution < -0.4 is 10.2 Å². The number of nitrogens with zero attached hydrogens (tertiary/aromatic N) is 1. The zero-order valence-corrected chi connectivity index (χ0v) is 25.9. The molecule has 1 fully saturated rings. The summed E-state index contributed by atoms with van der Waals surface area (Å²) in [5.41, 5.74) is -0.907. The summed E-state index contributed by atoms with van der Waals surface area (Å²) in [6.07, 6.45) is -4.83. The van der Waals surface area contributed by atoms with E-state index >= 15 is 0 Å². The van der Waals surface area contributed by atoms with Crippen LogP contribution in [0.25, 0.3) is 11.1 Å². The first-order chi connectivity index (χ1) is 23.4. The highest BCUT2D eigenvalue weighted by Crippen LogP contribution is 2.34. The third-order valence-corrected chi connectivity index (χ3v) is 8.15. The number of amides is 1. The smallest absolute Gasteiger partial charge is 0.416 e. The Kier molecular flexibility index (Phi) is 10.3. The largest absolute Gasteiger partial charge is 0.480 e. The minimum Gasteiger partial charge on any atom is -0.480 e. The lowest BCUT2D eigenvalue weighted by atomic mass is 9.81. The number of nitrogens with one attached hydrogen (secondary N) is 1. The van der Waals surface area contributed by atoms with Crippen molar-refractivity contribution < 1.29 is 52.0 Å². The summed E-state index contributed by atoms with van der Waals surface area (Å²) in [6, 6.07) is 23.1. The first kappa shape index (κ1) is 34.6. The first-order valence-corrected chi connectivity index (χ1v) is 15.1. The zero-order chi connectivity index (χ0) is 35.2. The van der Waals surface area contributed by atoms with E-state index < -0.39 is 47.6 Å². The summed E-state index contributed by atoms with van der Waals surface area (Å²) in [4.78, 5) is 52.9. The van der Waals surface area contributed by atoms with Gasteiger partial charge in [0.2, 0.25) is 5.41 Å². The van der Waals surface area contributed by atoms with Gasteiger partial charge in [-0.25, -0.2) is 0 Å². The van der Waals surface area contributed by atoms with Crippen LogP contribution in [0.5, 0.6) is 0 Å². The highest BCUT2D eigenvalue weighted by Gasteiger charge is 2.50. The Hall–Kier alpha value is -5.69. The molecule has 1 heterocycles. The van der Waals surface area contributed by atoms with E-state index in [1.54, 1.807) is 48.5 Å². The first-order valence-electron chi connectivity index (χ1n) is 15.1. The third-order valence-electron chi connectivity index (χ3n) is 8.15. The van der Waals surface area contributed by atoms with E-state index in [9.17, 15) is 42.6 Å². The molecule has 254 valence electrons. The van der Waals surface area contributed by atoms with Gasteiger partial charge in [-0.3, -0.25) is 19.2 Å². The molecular weight excluding hydrogens is 645 g/mol. The van der Waals surface area contributed by atoms with Gasteiger partial charge in [0.25, 0.3) is 5.91 Å². The summed E-state index contributed by atoms with van der Waals surface area (Å²) in [5, 5.41) is 22.6. The third kappa shape index (κ3) is 7.73. The highest BCUT2D eigenvalue weighted by molar-refractivity contribution is 6.10. The summed E-state index contributed by atoms with van der Waals surface area (Å²) in [7, 11) is 0. The Morgan fingerprint density at radius 1 is 0.796 bits per heavy atom. The van der Waals surface area contributed by atoms with Crippen LogP contribution in [0.2, 0.25) is 0 Å². The quantitative estimate of drug-likeness (QED) is 0.136. The second-order valence-corrected chi connectivity index (χ2v) is 11.2. The van der Waals surface area contributed by atoms with E-state index in [1.165, 1.54) is 36.4 Å². The average molecular weight is 677 g/mol. The van der Waals surface area contributed by atoms with Crippen LogP contribution in [0.1, 0.15) is 27.0 Å². The number of rotatable bonds is 11. The lowest BCUT2D eigenvalue weighted by Crippen LogP contribution is -2.48. The number of anilines is 2. The highest BCUT2D eigenvalue weighted by atomic mass is 19.4. The number of morpholine rings is 1. The molecule has 4 aromatic rings. The summed E-state index contributed by atoms with van der Waals surface area (Å²) < 4.78 is 50.1. The number of esters is 1. The molecule has 0 aromatic heterocycles. The topological polar surface area (TPSA) is 142 Å². The van der Waals surface area contributed by atoms with Gasteiger partial charge >= 0.3 is 24.1 Å². The van der Waals surface area contributed by atoms with Crippen molar-refractivity contribution >= 4 is 35.2 Å². The van der Waals surface area contributed by atoms with Gasteiger partial charge in [0.1, 0.15) is 6.61 Å². The second kappa shape index (κ2) is 14.6. The van der Waals surface area contributed by atoms with Crippen LogP contribution in [0, 0.1) is 0 Å². The number of benzene rings is 4. The van der Waals surface area contributed by atoms with Crippen molar-refractivity contribution in [2.24, 2.45) is 0 Å². The molecule has 1 saturated heterocycles. The van der Waals surface area contributed by atoms with E-state index in [0.717, 1.165) is 12.1 Å². The van der Waals surface area contributed by atoms with E-state index in [2.05, 4.69) is 5.32 Å². The number of aliphatic carboxylic acids is 2. The van der Waals surface area contributed by atoms with Gasteiger partial charge in [-0.05, 0) is 52.6 Å². The van der Waals surface area contributed by atoms with Crippen LogP contribution in [-0.4, -0.2) is 66.9 Å². The van der Waals surface area contributed by atoms with Crippen molar-refractivity contribution in [1.29, 1.82) is 0 Å². The Morgan fingerprint density at radius 2 is 1.43 bits per heavy atom. The normalized spacial score (nSPS) is 13.4. The zero-order valence-electron chi connectivity index (χ0n) is 25.9. The number of halogens is 3. The number of carbonyl (C=O) groups is 4. The molecule has 0 unspecified atom stereocenters. The molecule has 0 bridgehead atoms. The number of carbonyl (C=O) groups excluding carboxylic acids is 2. The number of hydrogen-bond donors (Lipinski definition) is 3. The number of hydrogen-bond acceptors (Lipinski definition) is 7. The second-order valence-electron chi connectivity index (χ2n) is 11.2. The van der Waals surface area contributed by atoms with Gasteiger partial charge in [0, 0.05) is 18.7 Å². The van der Waals surface area contributed by atoms with E-state index in [1.807, 2.05) is 4.90 Å². The van der Waals surface area contributed by atoms with E-state index in [4.69, 9.17) is 9.47 Å². The lowest BCUT2D eigenvalue weighted by molar-refractivity contribution is -0.164. The van der Waals surface area contributed by atoms with Crippen molar-refractivity contribution in [2.45, 2.75) is 18.0 Å². The molecule has 1 amide bonds. The molecule has 0 saturated carbocycles. The summed E-state index contributed by atoms with van der Waals surface area (Å²) in [5.74, 6) is -4.75. The Balaban J connectivity index is 1.37. The Bertz CT molecular complexity index is 1830. The van der Waals surface area contributed by atoms with Crippen LogP contribution in [0.4, 0.5) is 24.5 Å². The molecule has 0 aliphatic carbocycles. The molecule has 5 rings (SSSR count). The molecule has 10 nitrogen and oxygen atoms in total. The molecule has 4 aromatic carbocycles. The van der Waals surface area contributed by atoms with Gasteiger partial charge in [0.05, 0.1) is 36.6 Å². The van der Waals surface area contributed by atoms with Crippen molar-refractivity contribution in [1.82, 2.24) is 0 Å². The lowest BCUT2D eigenvalue weighted by Gasteiger charge is -2.31. The predicted octanol–water partition coefficient (Wildman–Crippen LogP) is 5.65. The van der Waals surface area contributed by atoms with Crippen molar-refractivity contribution in [3.63, 3.8) is 0 Å². The maximum absolute atomic E-state index is 13.6. The van der Waals surface area contributed by atoms with Crippen molar-refractivity contribution in [2.75, 3.05) is 43.1 Å². The Labute approximate surface area is 278 Å². The average Bonchev–Trinajstić information content (AvgIpc) is 3.09. The van der Waals surface area contributed by atoms with E-state index in [0.29, 0.717) is 54.4 Å².